The van der Waals surface area contributed by atoms with Gasteiger partial charge in [-0.05, 0) is 38.4 Å². The van der Waals surface area contributed by atoms with E-state index < -0.39 is 0 Å². The van der Waals surface area contributed by atoms with Crippen LogP contribution in [0.25, 0.3) is 10.3 Å². The number of nitrogens with zero attached hydrogens (tertiary/aromatic N) is 3. The van der Waals surface area contributed by atoms with Crippen LogP contribution in [-0.4, -0.2) is 55.1 Å². The first-order valence-corrected chi connectivity index (χ1v) is 8.87. The number of fused-ring (bicyclic) bond motifs is 1. The van der Waals surface area contributed by atoms with Gasteiger partial charge >= 0.3 is 0 Å². The number of hydrogen-bond donors (Lipinski definition) is 1. The fraction of sp³-hybridized carbons (Fsp3) is 0.278. The van der Waals surface area contributed by atoms with Crippen molar-refractivity contribution in [3.8, 4) is 11.5 Å². The minimum atomic E-state index is -0.299. The second-order valence-electron chi connectivity index (χ2n) is 5.81. The van der Waals surface area contributed by atoms with Crippen LogP contribution in [-0.2, 0) is 0 Å². The number of likely N-dealkylation sites (N-methyl/N-ethyl adjacent to an activating group) is 1. The van der Waals surface area contributed by atoms with Crippen LogP contribution in [0, 0.1) is 0 Å². The largest absolute Gasteiger partial charge is 0.494 e. The van der Waals surface area contributed by atoms with Gasteiger partial charge in [-0.1, -0.05) is 11.3 Å². The molecule has 0 bridgehead atoms. The molecule has 2 heterocycles. The van der Waals surface area contributed by atoms with E-state index in [-0.39, 0.29) is 5.91 Å². The molecule has 0 fully saturated rings. The van der Waals surface area contributed by atoms with E-state index in [1.807, 2.05) is 25.1 Å². The summed E-state index contributed by atoms with van der Waals surface area (Å²) in [7, 11) is 5.52. The number of amides is 1. The summed E-state index contributed by atoms with van der Waals surface area (Å²) in [6.45, 7) is 1.38. The van der Waals surface area contributed by atoms with Crippen LogP contribution in [0.2, 0.25) is 0 Å². The van der Waals surface area contributed by atoms with Crippen LogP contribution in [0.1, 0.15) is 9.80 Å². The Bertz CT molecular complexity index is 877. The van der Waals surface area contributed by atoms with Gasteiger partial charge in [-0.25, -0.2) is 9.97 Å². The summed E-state index contributed by atoms with van der Waals surface area (Å²) in [6.07, 6.45) is 1.68. The molecule has 7 nitrogen and oxygen atoms in total. The van der Waals surface area contributed by atoms with Crippen molar-refractivity contribution in [2.75, 3.05) is 39.7 Å². The van der Waals surface area contributed by atoms with Crippen molar-refractivity contribution < 1.29 is 14.3 Å². The maximum Gasteiger partial charge on any atom is 0.284 e. The molecule has 26 heavy (non-hydrogen) atoms. The van der Waals surface area contributed by atoms with E-state index in [9.17, 15) is 4.79 Å². The van der Waals surface area contributed by atoms with E-state index in [4.69, 9.17) is 9.47 Å². The van der Waals surface area contributed by atoms with Gasteiger partial charge in [-0.2, -0.15) is 0 Å². The lowest BCUT2D eigenvalue weighted by atomic mass is 10.2. The molecule has 3 aromatic rings. The quantitative estimate of drug-likeness (QED) is 0.687. The molecule has 2 aromatic heterocycles. The van der Waals surface area contributed by atoms with Gasteiger partial charge < -0.3 is 19.7 Å². The third kappa shape index (κ3) is 4.27. The summed E-state index contributed by atoms with van der Waals surface area (Å²) in [4.78, 5) is 23.8. The summed E-state index contributed by atoms with van der Waals surface area (Å²) >= 11 is 1.25. The molecule has 1 N–H and O–H groups in total. The molecule has 0 aliphatic rings. The molecule has 8 heteroatoms. The first kappa shape index (κ1) is 18.1. The number of pyridine rings is 1. The average molecular weight is 372 g/mol. The Morgan fingerprint density at radius 1 is 1.31 bits per heavy atom. The molecule has 0 aliphatic carbocycles. The third-order valence-electron chi connectivity index (χ3n) is 3.59. The minimum absolute atomic E-state index is 0.299. The van der Waals surface area contributed by atoms with E-state index in [2.05, 4.69) is 15.3 Å². The minimum Gasteiger partial charge on any atom is -0.494 e. The van der Waals surface area contributed by atoms with E-state index in [1.165, 1.54) is 11.3 Å². The van der Waals surface area contributed by atoms with Gasteiger partial charge in [-0.15, -0.1) is 0 Å². The molecule has 0 aliphatic heterocycles. The standard InChI is InChI=1S/C18H20N4O3S/c1-22(2)9-10-25-12-6-7-13(15(11-12)24-3)20-16(23)18-21-14-5-4-8-19-17(14)26-18/h4-8,11H,9-10H2,1-3H3,(H,20,23). The van der Waals surface area contributed by atoms with Crippen molar-refractivity contribution in [1.29, 1.82) is 0 Å². The second kappa shape index (κ2) is 8.11. The van der Waals surface area contributed by atoms with Crippen LogP contribution >= 0.6 is 11.3 Å². The zero-order valence-corrected chi connectivity index (χ0v) is 15.7. The number of benzene rings is 1. The molecule has 0 saturated heterocycles. The van der Waals surface area contributed by atoms with Crippen molar-refractivity contribution in [3.05, 3.63) is 41.5 Å². The number of carbonyl (C=O) groups excluding carboxylic acids is 1. The van der Waals surface area contributed by atoms with Crippen LogP contribution in [0.3, 0.4) is 0 Å². The van der Waals surface area contributed by atoms with Crippen LogP contribution < -0.4 is 14.8 Å². The van der Waals surface area contributed by atoms with E-state index >= 15 is 0 Å². The highest BCUT2D eigenvalue weighted by Crippen LogP contribution is 2.30. The van der Waals surface area contributed by atoms with Crippen LogP contribution in [0.5, 0.6) is 11.5 Å². The fourth-order valence-electron chi connectivity index (χ4n) is 2.25. The first-order chi connectivity index (χ1) is 12.6. The first-order valence-electron chi connectivity index (χ1n) is 8.05. The lowest BCUT2D eigenvalue weighted by molar-refractivity contribution is 0.102. The number of aromatic nitrogens is 2. The molecular weight excluding hydrogens is 352 g/mol. The summed E-state index contributed by atoms with van der Waals surface area (Å²) < 4.78 is 11.1. The maximum atomic E-state index is 12.5. The molecule has 1 aromatic carbocycles. The number of thiazole rings is 1. The monoisotopic (exact) mass is 372 g/mol. The van der Waals surface area contributed by atoms with Gasteiger partial charge in [0.1, 0.15) is 28.5 Å². The number of anilines is 1. The zero-order chi connectivity index (χ0) is 18.5. The average Bonchev–Trinajstić information content (AvgIpc) is 3.07. The summed E-state index contributed by atoms with van der Waals surface area (Å²) in [5.41, 5.74) is 1.27. The SMILES string of the molecule is COc1cc(OCCN(C)C)ccc1NC(=O)c1nc2cccnc2s1. The molecular formula is C18H20N4O3S. The van der Waals surface area contributed by atoms with Gasteiger partial charge in [0.2, 0.25) is 0 Å². The normalized spacial score (nSPS) is 10.9. The Labute approximate surface area is 155 Å². The molecule has 136 valence electrons. The molecule has 3 rings (SSSR count). The molecule has 0 spiro atoms. The van der Waals surface area contributed by atoms with Gasteiger partial charge in [0.25, 0.3) is 5.91 Å². The zero-order valence-electron chi connectivity index (χ0n) is 14.9. The van der Waals surface area contributed by atoms with Crippen molar-refractivity contribution in [1.82, 2.24) is 14.9 Å². The Kier molecular flexibility index (Phi) is 5.65. The van der Waals surface area contributed by atoms with E-state index in [0.717, 1.165) is 11.4 Å². The molecule has 1 amide bonds. The van der Waals surface area contributed by atoms with Gasteiger partial charge in [0.05, 0.1) is 12.8 Å². The van der Waals surface area contributed by atoms with Crippen molar-refractivity contribution in [2.24, 2.45) is 0 Å². The van der Waals surface area contributed by atoms with Gasteiger partial charge in [0, 0.05) is 18.8 Å². The van der Waals surface area contributed by atoms with Gasteiger partial charge in [0.15, 0.2) is 5.01 Å². The number of carbonyl (C=O) groups is 1. The molecule has 0 saturated carbocycles. The van der Waals surface area contributed by atoms with E-state index in [0.29, 0.717) is 34.3 Å². The van der Waals surface area contributed by atoms with E-state index in [1.54, 1.807) is 37.6 Å². The predicted molar refractivity (Wildman–Crippen MR) is 102 cm³/mol. The number of hydrogen-bond acceptors (Lipinski definition) is 7. The molecule has 0 radical (unpaired) electrons. The van der Waals surface area contributed by atoms with Crippen molar-refractivity contribution in [2.45, 2.75) is 0 Å². The summed E-state index contributed by atoms with van der Waals surface area (Å²) in [6, 6.07) is 8.93. The third-order valence-corrected chi connectivity index (χ3v) is 4.57. The highest BCUT2D eigenvalue weighted by atomic mass is 32.1. The Morgan fingerprint density at radius 2 is 2.15 bits per heavy atom. The number of rotatable bonds is 7. The number of methoxy groups -OCH3 is 1. The van der Waals surface area contributed by atoms with Crippen LogP contribution in [0.15, 0.2) is 36.5 Å². The van der Waals surface area contributed by atoms with Crippen molar-refractivity contribution in [3.63, 3.8) is 0 Å². The Hall–Kier alpha value is -2.71. The topological polar surface area (TPSA) is 76.6 Å². The number of nitrogens with one attached hydrogen (secondary N) is 1. The fourth-order valence-corrected chi connectivity index (χ4v) is 3.06. The smallest absolute Gasteiger partial charge is 0.284 e. The highest BCUT2D eigenvalue weighted by Gasteiger charge is 2.15. The summed E-state index contributed by atoms with van der Waals surface area (Å²) in [5, 5.41) is 3.19. The summed E-state index contributed by atoms with van der Waals surface area (Å²) in [5.74, 6) is 0.915. The lowest BCUT2D eigenvalue weighted by Crippen LogP contribution is -2.19. The Balaban J connectivity index is 1.72. The maximum absolute atomic E-state index is 12.5. The lowest BCUT2D eigenvalue weighted by Gasteiger charge is -2.14. The molecule has 0 atom stereocenters. The highest BCUT2D eigenvalue weighted by molar-refractivity contribution is 7.20. The predicted octanol–water partition coefficient (Wildman–Crippen LogP) is 2.89. The van der Waals surface area contributed by atoms with Gasteiger partial charge in [-0.3, -0.25) is 4.79 Å². The second-order valence-corrected chi connectivity index (χ2v) is 6.79. The molecule has 0 unspecified atom stereocenters. The van der Waals surface area contributed by atoms with Crippen molar-refractivity contribution >= 4 is 33.3 Å². The van der Waals surface area contributed by atoms with Crippen LogP contribution in [0.4, 0.5) is 5.69 Å². The number of ether oxygens (including phenoxy) is 2. The Morgan fingerprint density at radius 3 is 2.88 bits per heavy atom.